The van der Waals surface area contributed by atoms with Gasteiger partial charge in [-0.15, -0.1) is 0 Å². The van der Waals surface area contributed by atoms with Gasteiger partial charge in [0.1, 0.15) is 5.71 Å². The van der Waals surface area contributed by atoms with E-state index >= 15 is 0 Å². The quantitative estimate of drug-likeness (QED) is 0.728. The largest absolute Gasteiger partial charge is 0.375 e. The van der Waals surface area contributed by atoms with Crippen LogP contribution in [-0.2, 0) is 9.59 Å². The molecule has 0 bridgehead atoms. The van der Waals surface area contributed by atoms with Gasteiger partial charge >= 0.3 is 0 Å². The van der Waals surface area contributed by atoms with Crippen molar-refractivity contribution < 1.29 is 9.59 Å². The molecule has 5 nitrogen and oxygen atoms in total. The summed E-state index contributed by atoms with van der Waals surface area (Å²) in [4.78, 5) is 26.0. The highest BCUT2D eigenvalue weighted by molar-refractivity contribution is 6.52. The van der Waals surface area contributed by atoms with E-state index < -0.39 is 0 Å². The van der Waals surface area contributed by atoms with Crippen molar-refractivity contribution in [2.45, 2.75) is 39.5 Å². The Labute approximate surface area is 126 Å². The molecular weight excluding hydrogens is 266 g/mol. The number of hydrogen-bond donors (Lipinski definition) is 0. The normalized spacial score (nSPS) is 22.6. The second-order valence-electron chi connectivity index (χ2n) is 5.52. The summed E-state index contributed by atoms with van der Waals surface area (Å²) in [6.07, 6.45) is 8.27. The Morgan fingerprint density at radius 2 is 2.14 bits per heavy atom. The molecule has 1 saturated heterocycles. The first-order valence-electron chi connectivity index (χ1n) is 7.58. The molecule has 114 valence electrons. The molecule has 1 fully saturated rings. The molecule has 0 atom stereocenters. The zero-order valence-electron chi connectivity index (χ0n) is 13.1. The molecule has 1 amide bonds. The number of allylic oxidation sites excluding steroid dienone is 3. The Hall–Kier alpha value is -1.91. The predicted octanol–water partition coefficient (Wildman–Crippen LogP) is 2.11. The molecule has 5 heteroatoms. The summed E-state index contributed by atoms with van der Waals surface area (Å²) in [5.74, 6) is -0.387. The zero-order chi connectivity index (χ0) is 15.4. The van der Waals surface area contributed by atoms with E-state index in [0.717, 1.165) is 25.9 Å². The van der Waals surface area contributed by atoms with E-state index in [9.17, 15) is 9.59 Å². The van der Waals surface area contributed by atoms with E-state index in [1.165, 1.54) is 30.5 Å². The van der Waals surface area contributed by atoms with Crippen LogP contribution in [0.4, 0.5) is 0 Å². The smallest absolute Gasteiger partial charge is 0.276 e. The Bertz CT molecular complexity index is 532. The Kier molecular flexibility index (Phi) is 4.94. The molecule has 2 aliphatic heterocycles. The van der Waals surface area contributed by atoms with Crippen molar-refractivity contribution in [3.05, 3.63) is 23.4 Å². The first-order chi connectivity index (χ1) is 10.0. The molecule has 0 unspecified atom stereocenters. The third-order valence-electron chi connectivity index (χ3n) is 3.85. The van der Waals surface area contributed by atoms with Gasteiger partial charge in [-0.2, -0.15) is 5.10 Å². The average Bonchev–Trinajstić information content (AvgIpc) is 3.00. The number of ketones is 1. The molecule has 0 spiro atoms. The van der Waals surface area contributed by atoms with Gasteiger partial charge in [-0.3, -0.25) is 9.59 Å². The highest BCUT2D eigenvalue weighted by Crippen LogP contribution is 2.22. The number of likely N-dealkylation sites (tertiary alicyclic amines) is 1. The number of nitrogens with zero attached hydrogens (tertiary/aromatic N) is 3. The van der Waals surface area contributed by atoms with Crippen molar-refractivity contribution in [2.75, 3.05) is 20.1 Å². The van der Waals surface area contributed by atoms with E-state index in [2.05, 4.69) is 16.9 Å². The van der Waals surface area contributed by atoms with E-state index in [1.54, 1.807) is 13.1 Å². The minimum Gasteiger partial charge on any atom is -0.375 e. The van der Waals surface area contributed by atoms with Crippen molar-refractivity contribution in [1.29, 1.82) is 0 Å². The standard InChI is InChI=1S/C16H23N3O2/c1-4-5-10-19-11-6-7-13(19)8-9-14-15(12(2)20)17-18(3)16(14)21/h8-9H,4-7,10-11H2,1-3H3/b13-8-,14-9+. The summed E-state index contributed by atoms with van der Waals surface area (Å²) in [6.45, 7) is 5.77. The molecule has 0 aliphatic carbocycles. The fraction of sp³-hybridized carbons (Fsp3) is 0.562. The summed E-state index contributed by atoms with van der Waals surface area (Å²) < 4.78 is 0. The molecule has 2 aliphatic rings. The summed E-state index contributed by atoms with van der Waals surface area (Å²) in [6, 6.07) is 0. The van der Waals surface area contributed by atoms with Crippen molar-refractivity contribution in [3.8, 4) is 0 Å². The van der Waals surface area contributed by atoms with Crippen LogP contribution in [0.1, 0.15) is 39.5 Å². The van der Waals surface area contributed by atoms with Crippen LogP contribution in [0.25, 0.3) is 0 Å². The van der Waals surface area contributed by atoms with Crippen LogP contribution in [-0.4, -0.2) is 47.4 Å². The first kappa shape index (κ1) is 15.5. The lowest BCUT2D eigenvalue weighted by Gasteiger charge is -2.19. The highest BCUT2D eigenvalue weighted by atomic mass is 16.2. The minimum absolute atomic E-state index is 0.174. The lowest BCUT2D eigenvalue weighted by Crippen LogP contribution is -2.20. The van der Waals surface area contributed by atoms with Crippen LogP contribution >= 0.6 is 0 Å². The third kappa shape index (κ3) is 3.40. The summed E-state index contributed by atoms with van der Waals surface area (Å²) in [7, 11) is 1.57. The second kappa shape index (κ2) is 6.70. The molecule has 0 aromatic heterocycles. The van der Waals surface area contributed by atoms with Crippen LogP contribution in [0.2, 0.25) is 0 Å². The Balaban J connectivity index is 2.18. The van der Waals surface area contributed by atoms with Crippen LogP contribution in [0.3, 0.4) is 0 Å². The number of rotatable bonds is 5. The van der Waals surface area contributed by atoms with E-state index in [0.29, 0.717) is 5.57 Å². The maximum atomic E-state index is 12.0. The highest BCUT2D eigenvalue weighted by Gasteiger charge is 2.29. The van der Waals surface area contributed by atoms with Crippen molar-refractivity contribution >= 4 is 17.4 Å². The molecule has 21 heavy (non-hydrogen) atoms. The topological polar surface area (TPSA) is 53.0 Å². The maximum Gasteiger partial charge on any atom is 0.276 e. The van der Waals surface area contributed by atoms with E-state index in [4.69, 9.17) is 0 Å². The van der Waals surface area contributed by atoms with Gasteiger partial charge in [0.05, 0.1) is 5.57 Å². The van der Waals surface area contributed by atoms with Crippen LogP contribution in [0, 0.1) is 0 Å². The second-order valence-corrected chi connectivity index (χ2v) is 5.52. The Morgan fingerprint density at radius 3 is 2.81 bits per heavy atom. The molecule has 0 aromatic carbocycles. The van der Waals surface area contributed by atoms with Gasteiger partial charge in [-0.05, 0) is 31.4 Å². The number of Topliss-reactive ketones (excluding diaryl/α,β-unsaturated/α-hetero) is 1. The maximum absolute atomic E-state index is 12.0. The number of hydrogen-bond acceptors (Lipinski definition) is 4. The molecule has 0 N–H and O–H groups in total. The number of carbonyl (C=O) groups excluding carboxylic acids is 2. The molecular formula is C16H23N3O2. The zero-order valence-corrected chi connectivity index (χ0v) is 13.1. The summed E-state index contributed by atoms with van der Waals surface area (Å²) in [5, 5.41) is 5.23. The van der Waals surface area contributed by atoms with Crippen molar-refractivity contribution in [2.24, 2.45) is 5.10 Å². The van der Waals surface area contributed by atoms with Crippen LogP contribution in [0.15, 0.2) is 28.5 Å². The first-order valence-corrected chi connectivity index (χ1v) is 7.58. The fourth-order valence-corrected chi connectivity index (χ4v) is 2.66. The van der Waals surface area contributed by atoms with E-state index in [1.807, 2.05) is 6.08 Å². The molecule has 2 heterocycles. The third-order valence-corrected chi connectivity index (χ3v) is 3.85. The Morgan fingerprint density at radius 1 is 1.38 bits per heavy atom. The van der Waals surface area contributed by atoms with Crippen LogP contribution in [0.5, 0.6) is 0 Å². The number of carbonyl (C=O) groups is 2. The fourth-order valence-electron chi connectivity index (χ4n) is 2.66. The van der Waals surface area contributed by atoms with Crippen molar-refractivity contribution in [3.63, 3.8) is 0 Å². The minimum atomic E-state index is -0.213. The molecule has 0 radical (unpaired) electrons. The van der Waals surface area contributed by atoms with Gasteiger partial charge in [-0.1, -0.05) is 13.3 Å². The number of unbranched alkanes of at least 4 members (excludes halogenated alkanes) is 1. The van der Waals surface area contributed by atoms with Gasteiger partial charge in [0.2, 0.25) is 0 Å². The predicted molar refractivity (Wildman–Crippen MR) is 82.8 cm³/mol. The number of hydrazone groups is 1. The summed E-state index contributed by atoms with van der Waals surface area (Å²) in [5.41, 5.74) is 1.92. The average molecular weight is 289 g/mol. The SMILES string of the molecule is CCCCN1CCC/C1=C/C=C1/C(=O)N(C)N=C1C(C)=O. The van der Waals surface area contributed by atoms with Crippen LogP contribution < -0.4 is 0 Å². The van der Waals surface area contributed by atoms with E-state index in [-0.39, 0.29) is 17.4 Å². The molecule has 0 saturated carbocycles. The molecule has 0 aromatic rings. The van der Waals surface area contributed by atoms with Gasteiger partial charge in [0.15, 0.2) is 5.78 Å². The number of amides is 1. The molecule has 2 rings (SSSR count). The summed E-state index contributed by atoms with van der Waals surface area (Å²) >= 11 is 0. The lowest BCUT2D eigenvalue weighted by atomic mass is 10.1. The monoisotopic (exact) mass is 289 g/mol. The van der Waals surface area contributed by atoms with Gasteiger partial charge in [-0.25, -0.2) is 5.01 Å². The number of likely N-dealkylation sites (N-methyl/N-ethyl adjacent to an activating group) is 1. The van der Waals surface area contributed by atoms with Gasteiger partial charge in [0.25, 0.3) is 5.91 Å². The van der Waals surface area contributed by atoms with Gasteiger partial charge in [0, 0.05) is 32.8 Å². The lowest BCUT2D eigenvalue weighted by molar-refractivity contribution is -0.124. The van der Waals surface area contributed by atoms with Crippen molar-refractivity contribution in [1.82, 2.24) is 9.91 Å². The van der Waals surface area contributed by atoms with Gasteiger partial charge < -0.3 is 4.90 Å².